The van der Waals surface area contributed by atoms with Crippen LogP contribution in [0, 0.1) is 0 Å². The Hall–Kier alpha value is -1.14. The minimum Gasteiger partial charge on any atom is -0.335 e. The predicted octanol–water partition coefficient (Wildman–Crippen LogP) is -0.992. The molecule has 2 rings (SSSR count). The molecule has 1 saturated heterocycles. The summed E-state index contributed by atoms with van der Waals surface area (Å²) in [5, 5.41) is 5.03. The lowest BCUT2D eigenvalue weighted by molar-refractivity contribution is -0.120. The third-order valence-electron chi connectivity index (χ3n) is 2.84. The van der Waals surface area contributed by atoms with Crippen LogP contribution in [-0.4, -0.2) is 48.6 Å². The zero-order chi connectivity index (χ0) is 11.5. The maximum absolute atomic E-state index is 11.5. The van der Waals surface area contributed by atoms with Crippen LogP contribution in [-0.2, 0) is 4.79 Å². The molecule has 3 amide bonds. The number of likely N-dealkylation sites (tertiary alicyclic amines) is 1. The fourth-order valence-electron chi connectivity index (χ4n) is 1.82. The molecular weight excluding hydrogens is 208 g/mol. The normalized spacial score (nSPS) is 25.4. The van der Waals surface area contributed by atoms with Crippen LogP contribution in [0.15, 0.2) is 0 Å². The van der Waals surface area contributed by atoms with Gasteiger partial charge in [0.05, 0.1) is 6.54 Å². The summed E-state index contributed by atoms with van der Waals surface area (Å²) in [6, 6.07) is 0.0529. The summed E-state index contributed by atoms with van der Waals surface area (Å²) in [6.45, 7) is 1.82. The van der Waals surface area contributed by atoms with Gasteiger partial charge in [-0.2, -0.15) is 0 Å². The van der Waals surface area contributed by atoms with Gasteiger partial charge in [-0.1, -0.05) is 0 Å². The molecule has 1 aliphatic heterocycles. The summed E-state index contributed by atoms with van der Waals surface area (Å²) in [5.74, 6) is -0.257. The van der Waals surface area contributed by atoms with Gasteiger partial charge in [-0.25, -0.2) is 4.79 Å². The molecule has 0 aromatic heterocycles. The maximum atomic E-state index is 11.5. The minimum absolute atomic E-state index is 0.160. The summed E-state index contributed by atoms with van der Waals surface area (Å²) < 4.78 is 0. The van der Waals surface area contributed by atoms with Crippen molar-refractivity contribution in [3.05, 3.63) is 0 Å². The molecule has 0 unspecified atom stereocenters. The number of nitrogens with two attached hydrogens (primary N) is 1. The van der Waals surface area contributed by atoms with Crippen molar-refractivity contribution in [2.24, 2.45) is 5.73 Å². The molecule has 90 valence electrons. The van der Waals surface area contributed by atoms with Crippen molar-refractivity contribution < 1.29 is 9.59 Å². The average Bonchev–Trinajstić information content (AvgIpc) is 2.89. The van der Waals surface area contributed by atoms with Gasteiger partial charge in [-0.05, 0) is 19.3 Å². The van der Waals surface area contributed by atoms with Crippen molar-refractivity contribution in [1.29, 1.82) is 0 Å². The van der Waals surface area contributed by atoms with Gasteiger partial charge in [-0.3, -0.25) is 15.0 Å². The Morgan fingerprint density at radius 1 is 1.31 bits per heavy atom. The lowest BCUT2D eigenvalue weighted by atomic mass is 10.3. The summed E-state index contributed by atoms with van der Waals surface area (Å²) in [4.78, 5) is 24.7. The van der Waals surface area contributed by atoms with E-state index in [0.717, 1.165) is 32.4 Å². The molecule has 1 atom stereocenters. The fourth-order valence-corrected chi connectivity index (χ4v) is 1.82. The highest BCUT2D eigenvalue weighted by atomic mass is 16.2. The van der Waals surface area contributed by atoms with Crippen LogP contribution in [0.3, 0.4) is 0 Å². The Morgan fingerprint density at radius 3 is 2.62 bits per heavy atom. The minimum atomic E-state index is -0.379. The Kier molecular flexibility index (Phi) is 3.40. The van der Waals surface area contributed by atoms with E-state index in [2.05, 4.69) is 10.6 Å². The quantitative estimate of drug-likeness (QED) is 0.576. The third-order valence-corrected chi connectivity index (χ3v) is 2.84. The SMILES string of the molecule is N[C@H]1CCN(CC(=O)NC(=O)NC2CC2)C1. The number of nitrogens with one attached hydrogen (secondary N) is 2. The highest BCUT2D eigenvalue weighted by Crippen LogP contribution is 2.18. The topological polar surface area (TPSA) is 87.5 Å². The van der Waals surface area contributed by atoms with Gasteiger partial charge in [0.2, 0.25) is 5.91 Å². The van der Waals surface area contributed by atoms with E-state index in [1.165, 1.54) is 0 Å². The standard InChI is InChI=1S/C10H18N4O2/c11-7-3-4-14(5-7)6-9(15)13-10(16)12-8-1-2-8/h7-8H,1-6,11H2,(H2,12,13,15,16)/t7-/m0/s1. The van der Waals surface area contributed by atoms with E-state index in [1.54, 1.807) is 0 Å². The molecule has 0 spiro atoms. The molecule has 6 heteroatoms. The lowest BCUT2D eigenvalue weighted by Crippen LogP contribution is -2.45. The monoisotopic (exact) mass is 226 g/mol. The highest BCUT2D eigenvalue weighted by Gasteiger charge is 2.25. The predicted molar refractivity (Wildman–Crippen MR) is 58.7 cm³/mol. The molecule has 0 bridgehead atoms. The maximum Gasteiger partial charge on any atom is 0.321 e. The van der Waals surface area contributed by atoms with Crippen molar-refractivity contribution in [3.63, 3.8) is 0 Å². The first-order chi connectivity index (χ1) is 7.63. The van der Waals surface area contributed by atoms with Crippen LogP contribution in [0.25, 0.3) is 0 Å². The molecule has 2 aliphatic rings. The molecular formula is C10H18N4O2. The van der Waals surface area contributed by atoms with Gasteiger partial charge in [-0.15, -0.1) is 0 Å². The summed E-state index contributed by atoms with van der Waals surface area (Å²) in [7, 11) is 0. The van der Waals surface area contributed by atoms with Crippen LogP contribution < -0.4 is 16.4 Å². The number of rotatable bonds is 3. The van der Waals surface area contributed by atoms with E-state index in [9.17, 15) is 9.59 Å². The summed E-state index contributed by atoms with van der Waals surface area (Å²) in [6.07, 6.45) is 2.95. The van der Waals surface area contributed by atoms with Gasteiger partial charge in [0.15, 0.2) is 0 Å². The second-order valence-corrected chi connectivity index (χ2v) is 4.58. The number of hydrogen-bond acceptors (Lipinski definition) is 4. The van der Waals surface area contributed by atoms with E-state index in [0.29, 0.717) is 0 Å². The van der Waals surface area contributed by atoms with Gasteiger partial charge < -0.3 is 11.1 Å². The van der Waals surface area contributed by atoms with Crippen LogP contribution in [0.5, 0.6) is 0 Å². The van der Waals surface area contributed by atoms with E-state index >= 15 is 0 Å². The Labute approximate surface area is 94.5 Å². The second kappa shape index (κ2) is 4.80. The molecule has 0 aromatic rings. The number of nitrogens with zero attached hydrogens (tertiary/aromatic N) is 1. The van der Waals surface area contributed by atoms with E-state index in [1.807, 2.05) is 4.90 Å². The molecule has 2 fully saturated rings. The number of hydrogen-bond donors (Lipinski definition) is 3. The number of carbonyl (C=O) groups excluding carboxylic acids is 2. The molecule has 6 nitrogen and oxygen atoms in total. The molecule has 1 aliphatic carbocycles. The zero-order valence-electron chi connectivity index (χ0n) is 9.24. The van der Waals surface area contributed by atoms with E-state index in [4.69, 9.17) is 5.73 Å². The molecule has 0 aromatic carbocycles. The first-order valence-electron chi connectivity index (χ1n) is 5.72. The van der Waals surface area contributed by atoms with Crippen molar-refractivity contribution in [2.45, 2.75) is 31.3 Å². The largest absolute Gasteiger partial charge is 0.335 e. The molecule has 0 radical (unpaired) electrons. The van der Waals surface area contributed by atoms with Crippen molar-refractivity contribution in [2.75, 3.05) is 19.6 Å². The third kappa shape index (κ3) is 3.46. The second-order valence-electron chi connectivity index (χ2n) is 4.58. The van der Waals surface area contributed by atoms with Crippen LogP contribution in [0.1, 0.15) is 19.3 Å². The Balaban J connectivity index is 1.65. The van der Waals surface area contributed by atoms with Gasteiger partial charge in [0, 0.05) is 25.2 Å². The van der Waals surface area contributed by atoms with Crippen LogP contribution >= 0.6 is 0 Å². The zero-order valence-corrected chi connectivity index (χ0v) is 9.24. The number of imide groups is 1. The lowest BCUT2D eigenvalue weighted by Gasteiger charge is -2.14. The molecule has 1 saturated carbocycles. The average molecular weight is 226 g/mol. The molecule has 16 heavy (non-hydrogen) atoms. The van der Waals surface area contributed by atoms with E-state index in [-0.39, 0.29) is 30.6 Å². The van der Waals surface area contributed by atoms with E-state index < -0.39 is 0 Å². The first-order valence-corrected chi connectivity index (χ1v) is 5.72. The number of urea groups is 1. The summed E-state index contributed by atoms with van der Waals surface area (Å²) >= 11 is 0. The van der Waals surface area contributed by atoms with Crippen molar-refractivity contribution in [1.82, 2.24) is 15.5 Å². The molecule has 4 N–H and O–H groups in total. The fraction of sp³-hybridized carbons (Fsp3) is 0.800. The van der Waals surface area contributed by atoms with Crippen molar-refractivity contribution in [3.8, 4) is 0 Å². The molecule has 1 heterocycles. The summed E-state index contributed by atoms with van der Waals surface area (Å²) in [5.41, 5.74) is 5.72. The first kappa shape index (κ1) is 11.3. The van der Waals surface area contributed by atoms with Gasteiger partial charge >= 0.3 is 6.03 Å². The number of carbonyl (C=O) groups is 2. The highest BCUT2D eigenvalue weighted by molar-refractivity contribution is 5.95. The number of amides is 3. The van der Waals surface area contributed by atoms with Crippen molar-refractivity contribution >= 4 is 11.9 Å². The van der Waals surface area contributed by atoms with Gasteiger partial charge in [0.25, 0.3) is 0 Å². The van der Waals surface area contributed by atoms with Crippen LogP contribution in [0.4, 0.5) is 4.79 Å². The smallest absolute Gasteiger partial charge is 0.321 e. The Morgan fingerprint density at radius 2 is 2.06 bits per heavy atom. The Bertz CT molecular complexity index is 291. The van der Waals surface area contributed by atoms with Gasteiger partial charge in [0.1, 0.15) is 0 Å². The van der Waals surface area contributed by atoms with Crippen LogP contribution in [0.2, 0.25) is 0 Å².